The average Bonchev–Trinajstić information content (AvgIpc) is 2.61. The van der Waals surface area contributed by atoms with E-state index in [1.165, 1.54) is 0 Å². The number of hydrogen-bond acceptors (Lipinski definition) is 5. The van der Waals surface area contributed by atoms with E-state index >= 15 is 0 Å². The van der Waals surface area contributed by atoms with Crippen molar-refractivity contribution in [2.24, 2.45) is 0 Å². The van der Waals surface area contributed by atoms with E-state index in [2.05, 4.69) is 9.97 Å². The lowest BCUT2D eigenvalue weighted by Gasteiger charge is -2.08. The topological polar surface area (TPSA) is 61.3 Å². The molecule has 3 rings (SSSR count). The first kappa shape index (κ1) is 15.0. The number of para-hydroxylation sites is 1. The van der Waals surface area contributed by atoms with Crippen molar-refractivity contribution < 1.29 is 14.3 Å². The van der Waals surface area contributed by atoms with Gasteiger partial charge in [0.25, 0.3) is 0 Å². The van der Waals surface area contributed by atoms with E-state index in [9.17, 15) is 4.79 Å². The Morgan fingerprint density at radius 1 is 1.04 bits per heavy atom. The quantitative estimate of drug-likeness (QED) is 0.690. The number of carbonyl (C=O) groups excluding carboxylic acids is 1. The molecule has 0 unspecified atom stereocenters. The number of fused-ring (bicyclic) bond motifs is 1. The molecular formula is C18H16N2O3. The summed E-state index contributed by atoms with van der Waals surface area (Å²) in [5.74, 6) is 0.787. The Kier molecular flexibility index (Phi) is 4.19. The largest absolute Gasteiger partial charge is 0.497 e. The van der Waals surface area contributed by atoms with Crippen molar-refractivity contribution in [3.63, 3.8) is 0 Å². The Balaban J connectivity index is 2.15. The average molecular weight is 308 g/mol. The summed E-state index contributed by atoms with van der Waals surface area (Å²) in [5, 5.41) is 0.684. The second-order valence-corrected chi connectivity index (χ2v) is 4.86. The van der Waals surface area contributed by atoms with Crippen LogP contribution in [0.25, 0.3) is 22.3 Å². The summed E-state index contributed by atoms with van der Waals surface area (Å²) >= 11 is 0. The molecule has 1 aromatic heterocycles. The summed E-state index contributed by atoms with van der Waals surface area (Å²) in [6.45, 7) is 2.07. The predicted molar refractivity (Wildman–Crippen MR) is 87.5 cm³/mol. The van der Waals surface area contributed by atoms with Crippen LogP contribution in [0.5, 0.6) is 5.75 Å². The van der Waals surface area contributed by atoms with Gasteiger partial charge < -0.3 is 9.47 Å². The molecule has 2 aromatic carbocycles. The highest BCUT2D eigenvalue weighted by atomic mass is 16.5. The van der Waals surface area contributed by atoms with Crippen LogP contribution in [0.3, 0.4) is 0 Å². The van der Waals surface area contributed by atoms with Gasteiger partial charge in [-0.25, -0.2) is 14.8 Å². The number of hydrogen-bond donors (Lipinski definition) is 0. The molecule has 1 heterocycles. The van der Waals surface area contributed by atoms with Crippen LogP contribution in [0.15, 0.2) is 48.5 Å². The van der Waals surface area contributed by atoms with Crippen molar-refractivity contribution >= 4 is 16.9 Å². The summed E-state index contributed by atoms with van der Waals surface area (Å²) < 4.78 is 10.3. The van der Waals surface area contributed by atoms with Gasteiger partial charge in [0.15, 0.2) is 11.5 Å². The molecule has 23 heavy (non-hydrogen) atoms. The van der Waals surface area contributed by atoms with Crippen molar-refractivity contribution in [3.05, 3.63) is 54.2 Å². The van der Waals surface area contributed by atoms with E-state index < -0.39 is 5.97 Å². The van der Waals surface area contributed by atoms with Crippen LogP contribution in [0, 0.1) is 0 Å². The molecule has 0 aliphatic heterocycles. The number of carbonyl (C=O) groups is 1. The van der Waals surface area contributed by atoms with Crippen LogP contribution in [0.4, 0.5) is 0 Å². The highest BCUT2D eigenvalue weighted by Gasteiger charge is 2.16. The van der Waals surface area contributed by atoms with E-state index in [1.54, 1.807) is 14.0 Å². The third-order valence-corrected chi connectivity index (χ3v) is 3.42. The van der Waals surface area contributed by atoms with Crippen LogP contribution >= 0.6 is 0 Å². The zero-order valence-electron chi connectivity index (χ0n) is 12.9. The Hall–Kier alpha value is -2.95. The first-order valence-electron chi connectivity index (χ1n) is 7.31. The number of benzene rings is 2. The lowest BCUT2D eigenvalue weighted by Crippen LogP contribution is -2.09. The van der Waals surface area contributed by atoms with Gasteiger partial charge in [-0.05, 0) is 37.3 Å². The summed E-state index contributed by atoms with van der Waals surface area (Å²) in [5.41, 5.74) is 1.79. The fraction of sp³-hybridized carbons (Fsp3) is 0.167. The van der Waals surface area contributed by atoms with Crippen molar-refractivity contribution in [3.8, 4) is 17.1 Å². The highest BCUT2D eigenvalue weighted by molar-refractivity contribution is 6.02. The van der Waals surface area contributed by atoms with Crippen LogP contribution < -0.4 is 4.74 Å². The smallest absolute Gasteiger partial charge is 0.357 e. The van der Waals surface area contributed by atoms with Crippen molar-refractivity contribution in [1.82, 2.24) is 9.97 Å². The highest BCUT2D eigenvalue weighted by Crippen LogP contribution is 2.24. The fourth-order valence-corrected chi connectivity index (χ4v) is 2.30. The van der Waals surface area contributed by atoms with Gasteiger partial charge in [0.05, 0.1) is 19.2 Å². The van der Waals surface area contributed by atoms with Crippen molar-refractivity contribution in [1.29, 1.82) is 0 Å². The van der Waals surface area contributed by atoms with E-state index in [0.717, 1.165) is 11.3 Å². The lowest BCUT2D eigenvalue weighted by atomic mass is 10.1. The molecule has 0 spiro atoms. The van der Waals surface area contributed by atoms with Crippen molar-refractivity contribution in [2.75, 3.05) is 13.7 Å². The summed E-state index contributed by atoms with van der Waals surface area (Å²) in [6, 6.07) is 14.8. The van der Waals surface area contributed by atoms with E-state index in [-0.39, 0.29) is 5.69 Å². The zero-order valence-corrected chi connectivity index (χ0v) is 12.9. The second kappa shape index (κ2) is 6.44. The minimum atomic E-state index is -0.444. The molecule has 5 heteroatoms. The molecule has 5 nitrogen and oxygen atoms in total. The van der Waals surface area contributed by atoms with Gasteiger partial charge in [0, 0.05) is 10.9 Å². The first-order valence-corrected chi connectivity index (χ1v) is 7.31. The molecule has 3 aromatic rings. The Morgan fingerprint density at radius 3 is 2.48 bits per heavy atom. The number of aromatic nitrogens is 2. The maximum absolute atomic E-state index is 12.2. The lowest BCUT2D eigenvalue weighted by molar-refractivity contribution is 0.0522. The van der Waals surface area contributed by atoms with Gasteiger partial charge in [0.2, 0.25) is 0 Å². The third kappa shape index (κ3) is 2.99. The number of esters is 1. The van der Waals surface area contributed by atoms with Crippen LogP contribution in [0.2, 0.25) is 0 Å². The Labute approximate surface area is 133 Å². The molecule has 0 aliphatic carbocycles. The number of ether oxygens (including phenoxy) is 2. The second-order valence-electron chi connectivity index (χ2n) is 4.86. The molecular weight excluding hydrogens is 292 g/mol. The molecule has 0 amide bonds. The van der Waals surface area contributed by atoms with Gasteiger partial charge in [-0.1, -0.05) is 18.2 Å². The summed E-state index contributed by atoms with van der Waals surface area (Å²) in [7, 11) is 1.61. The molecule has 0 atom stereocenters. The van der Waals surface area contributed by atoms with Gasteiger partial charge in [-0.15, -0.1) is 0 Å². The molecule has 0 saturated heterocycles. The van der Waals surface area contributed by atoms with Crippen molar-refractivity contribution in [2.45, 2.75) is 6.92 Å². The van der Waals surface area contributed by atoms with Crippen LogP contribution in [-0.2, 0) is 4.74 Å². The first-order chi connectivity index (χ1) is 11.2. The summed E-state index contributed by atoms with van der Waals surface area (Å²) in [6.07, 6.45) is 0. The van der Waals surface area contributed by atoms with E-state index in [1.807, 2.05) is 48.5 Å². The molecule has 0 aliphatic rings. The minimum absolute atomic E-state index is 0.281. The maximum atomic E-state index is 12.2. The predicted octanol–water partition coefficient (Wildman–Crippen LogP) is 3.48. The Bertz CT molecular complexity index is 845. The molecule has 0 saturated carbocycles. The van der Waals surface area contributed by atoms with Gasteiger partial charge in [-0.3, -0.25) is 0 Å². The number of methoxy groups -OCH3 is 1. The zero-order chi connectivity index (χ0) is 16.2. The molecule has 0 bridgehead atoms. The molecule has 0 N–H and O–H groups in total. The SMILES string of the molecule is CCOC(=O)c1nc(-c2ccc(OC)cc2)nc2ccccc12. The standard InChI is InChI=1S/C18H16N2O3/c1-3-23-18(21)16-14-6-4-5-7-15(14)19-17(20-16)12-8-10-13(22-2)11-9-12/h4-11H,3H2,1-2H3. The summed E-state index contributed by atoms with van der Waals surface area (Å²) in [4.78, 5) is 21.2. The number of nitrogens with zero attached hydrogens (tertiary/aromatic N) is 2. The molecule has 0 radical (unpaired) electrons. The minimum Gasteiger partial charge on any atom is -0.497 e. The van der Waals surface area contributed by atoms with Crippen LogP contribution in [0.1, 0.15) is 17.4 Å². The van der Waals surface area contributed by atoms with E-state index in [4.69, 9.17) is 9.47 Å². The van der Waals surface area contributed by atoms with Gasteiger partial charge >= 0.3 is 5.97 Å². The normalized spacial score (nSPS) is 10.5. The fourth-order valence-electron chi connectivity index (χ4n) is 2.30. The van der Waals surface area contributed by atoms with E-state index in [0.29, 0.717) is 23.3 Å². The van der Waals surface area contributed by atoms with Gasteiger partial charge in [0.1, 0.15) is 5.75 Å². The molecule has 0 fully saturated rings. The third-order valence-electron chi connectivity index (χ3n) is 3.42. The Morgan fingerprint density at radius 2 is 1.78 bits per heavy atom. The monoisotopic (exact) mass is 308 g/mol. The number of rotatable bonds is 4. The molecule has 116 valence electrons. The van der Waals surface area contributed by atoms with Gasteiger partial charge in [-0.2, -0.15) is 0 Å². The maximum Gasteiger partial charge on any atom is 0.357 e. The van der Waals surface area contributed by atoms with Crippen LogP contribution in [-0.4, -0.2) is 29.7 Å².